The molecule has 0 amide bonds. The van der Waals surface area contributed by atoms with Crippen molar-refractivity contribution in [2.75, 3.05) is 0 Å². The van der Waals surface area contributed by atoms with Crippen LogP contribution in [0.25, 0.3) is 11.1 Å². The molecule has 0 saturated heterocycles. The highest BCUT2D eigenvalue weighted by Gasteiger charge is 2.24. The van der Waals surface area contributed by atoms with Crippen molar-refractivity contribution in [2.24, 2.45) is 0 Å². The van der Waals surface area contributed by atoms with Gasteiger partial charge in [0.15, 0.2) is 0 Å². The van der Waals surface area contributed by atoms with E-state index in [2.05, 4.69) is 91.0 Å². The van der Waals surface area contributed by atoms with Gasteiger partial charge in [0.25, 0.3) is 0 Å². The monoisotopic (exact) mass is 324 g/mol. The van der Waals surface area contributed by atoms with E-state index in [1.165, 1.54) is 47.1 Å². The van der Waals surface area contributed by atoms with E-state index in [0.29, 0.717) is 5.92 Å². The predicted molar refractivity (Wildman–Crippen MR) is 107 cm³/mol. The van der Waals surface area contributed by atoms with Crippen molar-refractivity contribution >= 4 is 11.1 Å². The molecule has 1 atom stereocenters. The molecule has 0 aliphatic heterocycles. The number of allylic oxidation sites excluding steroid dienone is 2. The summed E-state index contributed by atoms with van der Waals surface area (Å²) in [6.07, 6.45) is 4.94. The molecule has 0 aromatic heterocycles. The molecular formula is C25H24. The van der Waals surface area contributed by atoms with E-state index < -0.39 is 0 Å². The fourth-order valence-corrected chi connectivity index (χ4v) is 4.09. The van der Waals surface area contributed by atoms with Crippen molar-refractivity contribution in [2.45, 2.75) is 31.6 Å². The number of hydrogen-bond acceptors (Lipinski definition) is 0. The van der Waals surface area contributed by atoms with Crippen LogP contribution >= 0.6 is 0 Å². The molecule has 0 N–H and O–H groups in total. The lowest BCUT2D eigenvalue weighted by Gasteiger charge is -2.23. The van der Waals surface area contributed by atoms with Crippen molar-refractivity contribution in [1.29, 1.82) is 0 Å². The van der Waals surface area contributed by atoms with Gasteiger partial charge in [0.2, 0.25) is 0 Å². The first-order chi connectivity index (χ1) is 12.4. The van der Waals surface area contributed by atoms with E-state index in [1.807, 2.05) is 0 Å². The van der Waals surface area contributed by atoms with Crippen LogP contribution in [0.3, 0.4) is 0 Å². The largest absolute Gasteiger partial charge is 0.0622 e. The topological polar surface area (TPSA) is 0 Å². The molecule has 1 aliphatic carbocycles. The van der Waals surface area contributed by atoms with E-state index in [4.69, 9.17) is 0 Å². The Morgan fingerprint density at radius 2 is 1.12 bits per heavy atom. The molecule has 0 heterocycles. The molecule has 0 fully saturated rings. The zero-order valence-corrected chi connectivity index (χ0v) is 14.6. The van der Waals surface area contributed by atoms with Crippen molar-refractivity contribution in [3.63, 3.8) is 0 Å². The van der Waals surface area contributed by atoms with Gasteiger partial charge in [0.1, 0.15) is 0 Å². The third kappa shape index (κ3) is 3.44. The standard InChI is InChI=1S/C25H24/c1-4-12-20(13-5-1)23-18-10-11-19-24(21-14-6-2-7-15-21)25(23)22-16-8-3-9-17-22/h1-9,12-17,23H,10-11,18-19H2. The van der Waals surface area contributed by atoms with Gasteiger partial charge in [0, 0.05) is 5.92 Å². The maximum Gasteiger partial charge on any atom is 0.00982 e. The average Bonchev–Trinajstić information content (AvgIpc) is 2.93. The minimum Gasteiger partial charge on any atom is -0.0622 e. The summed E-state index contributed by atoms with van der Waals surface area (Å²) in [7, 11) is 0. The third-order valence-electron chi connectivity index (χ3n) is 5.25. The molecule has 0 heteroatoms. The highest BCUT2D eigenvalue weighted by atomic mass is 14.3. The zero-order valence-electron chi connectivity index (χ0n) is 14.6. The Bertz CT molecular complexity index is 829. The Kier molecular flexibility index (Phi) is 4.79. The molecule has 25 heavy (non-hydrogen) atoms. The molecule has 3 aromatic rings. The normalized spacial score (nSPS) is 18.0. The first kappa shape index (κ1) is 15.9. The van der Waals surface area contributed by atoms with Gasteiger partial charge in [-0.3, -0.25) is 0 Å². The minimum atomic E-state index is 0.473. The van der Waals surface area contributed by atoms with Crippen LogP contribution in [0.5, 0.6) is 0 Å². The van der Waals surface area contributed by atoms with Crippen LogP contribution in [-0.4, -0.2) is 0 Å². The lowest BCUT2D eigenvalue weighted by molar-refractivity contribution is 0.672. The molecule has 0 saturated carbocycles. The Morgan fingerprint density at radius 3 is 1.76 bits per heavy atom. The number of rotatable bonds is 3. The molecule has 0 radical (unpaired) electrons. The first-order valence-electron chi connectivity index (χ1n) is 9.32. The van der Waals surface area contributed by atoms with Gasteiger partial charge < -0.3 is 0 Å². The summed E-state index contributed by atoms with van der Waals surface area (Å²) >= 11 is 0. The highest BCUT2D eigenvalue weighted by molar-refractivity contribution is 5.94. The zero-order chi connectivity index (χ0) is 16.9. The Balaban J connectivity index is 1.94. The van der Waals surface area contributed by atoms with Crippen LogP contribution in [0.2, 0.25) is 0 Å². The fraction of sp³-hybridized carbons (Fsp3) is 0.200. The summed E-state index contributed by atoms with van der Waals surface area (Å²) in [5.74, 6) is 0.473. The SMILES string of the molecule is c1ccc(C2=C(c3ccccc3)C(c3ccccc3)CCCC2)cc1. The minimum absolute atomic E-state index is 0.473. The Hall–Kier alpha value is -2.60. The molecule has 0 bridgehead atoms. The summed E-state index contributed by atoms with van der Waals surface area (Å²) in [5, 5.41) is 0. The predicted octanol–water partition coefficient (Wildman–Crippen LogP) is 6.96. The second kappa shape index (κ2) is 7.53. The van der Waals surface area contributed by atoms with Gasteiger partial charge in [-0.25, -0.2) is 0 Å². The van der Waals surface area contributed by atoms with E-state index in [1.54, 1.807) is 0 Å². The highest BCUT2D eigenvalue weighted by Crippen LogP contribution is 2.45. The van der Waals surface area contributed by atoms with Crippen LogP contribution < -0.4 is 0 Å². The van der Waals surface area contributed by atoms with Crippen LogP contribution in [0.4, 0.5) is 0 Å². The number of hydrogen-bond donors (Lipinski definition) is 0. The van der Waals surface area contributed by atoms with Gasteiger partial charge in [-0.15, -0.1) is 0 Å². The summed E-state index contributed by atoms with van der Waals surface area (Å²) in [5.41, 5.74) is 7.24. The average molecular weight is 324 g/mol. The van der Waals surface area contributed by atoms with Crippen molar-refractivity contribution < 1.29 is 0 Å². The van der Waals surface area contributed by atoms with E-state index in [9.17, 15) is 0 Å². The molecule has 124 valence electrons. The summed E-state index contributed by atoms with van der Waals surface area (Å²) < 4.78 is 0. The Morgan fingerprint density at radius 1 is 0.560 bits per heavy atom. The van der Waals surface area contributed by atoms with Gasteiger partial charge in [-0.05, 0) is 47.1 Å². The molecule has 0 nitrogen and oxygen atoms in total. The van der Waals surface area contributed by atoms with Crippen LogP contribution in [-0.2, 0) is 0 Å². The smallest absolute Gasteiger partial charge is 0.00982 e. The van der Waals surface area contributed by atoms with Crippen LogP contribution in [0, 0.1) is 0 Å². The van der Waals surface area contributed by atoms with Crippen LogP contribution in [0.1, 0.15) is 48.3 Å². The van der Waals surface area contributed by atoms with Crippen LogP contribution in [0.15, 0.2) is 91.0 Å². The quantitative estimate of drug-likeness (QED) is 0.488. The molecule has 1 unspecified atom stereocenters. The van der Waals surface area contributed by atoms with Gasteiger partial charge in [-0.1, -0.05) is 97.4 Å². The second-order valence-corrected chi connectivity index (χ2v) is 6.83. The van der Waals surface area contributed by atoms with Gasteiger partial charge in [0.05, 0.1) is 0 Å². The third-order valence-corrected chi connectivity index (χ3v) is 5.25. The lowest BCUT2D eigenvalue weighted by atomic mass is 9.81. The summed E-state index contributed by atoms with van der Waals surface area (Å²) in [6, 6.07) is 33.0. The Labute approximate surface area is 150 Å². The number of benzene rings is 3. The maximum absolute atomic E-state index is 2.29. The maximum atomic E-state index is 2.29. The molecule has 1 aliphatic rings. The van der Waals surface area contributed by atoms with E-state index in [-0.39, 0.29) is 0 Å². The molecule has 0 spiro atoms. The van der Waals surface area contributed by atoms with Gasteiger partial charge in [-0.2, -0.15) is 0 Å². The summed E-state index contributed by atoms with van der Waals surface area (Å²) in [4.78, 5) is 0. The fourth-order valence-electron chi connectivity index (χ4n) is 4.09. The summed E-state index contributed by atoms with van der Waals surface area (Å²) in [6.45, 7) is 0. The molecule has 4 rings (SSSR count). The molecule has 3 aromatic carbocycles. The van der Waals surface area contributed by atoms with Crippen molar-refractivity contribution in [1.82, 2.24) is 0 Å². The first-order valence-corrected chi connectivity index (χ1v) is 9.32. The van der Waals surface area contributed by atoms with Crippen molar-refractivity contribution in [3.8, 4) is 0 Å². The van der Waals surface area contributed by atoms with E-state index >= 15 is 0 Å². The second-order valence-electron chi connectivity index (χ2n) is 6.83. The lowest BCUT2D eigenvalue weighted by Crippen LogP contribution is -2.03. The van der Waals surface area contributed by atoms with E-state index in [0.717, 1.165) is 6.42 Å². The molecular weight excluding hydrogens is 300 g/mol. The van der Waals surface area contributed by atoms with Gasteiger partial charge >= 0.3 is 0 Å². The van der Waals surface area contributed by atoms with Crippen molar-refractivity contribution in [3.05, 3.63) is 108 Å².